The molecule has 0 unspecified atom stereocenters. The van der Waals surface area contributed by atoms with Gasteiger partial charge in [-0.15, -0.1) is 0 Å². The molecule has 4 aromatic rings. The maximum Gasteiger partial charge on any atom is 0.283 e. The van der Waals surface area contributed by atoms with Gasteiger partial charge in [0.25, 0.3) is 10.0 Å². The Hall–Kier alpha value is -3.32. The minimum atomic E-state index is -3.86. The molecular formula is C23H19FN2O3S. The monoisotopic (exact) mass is 422 g/mol. The normalized spacial score (nSPS) is 11.7. The van der Waals surface area contributed by atoms with Crippen LogP contribution in [-0.2, 0) is 27.7 Å². The number of aromatic nitrogens is 2. The highest BCUT2D eigenvalue weighted by Crippen LogP contribution is 2.22. The maximum atomic E-state index is 13.1. The zero-order valence-corrected chi connectivity index (χ0v) is 17.1. The third-order valence-corrected chi connectivity index (χ3v) is 6.43. The van der Waals surface area contributed by atoms with Crippen LogP contribution < -0.4 is 0 Å². The molecule has 0 spiro atoms. The van der Waals surface area contributed by atoms with Crippen LogP contribution >= 0.6 is 0 Å². The molecule has 3 aromatic carbocycles. The molecule has 0 N–H and O–H groups in total. The van der Waals surface area contributed by atoms with Crippen molar-refractivity contribution in [1.29, 1.82) is 0 Å². The summed E-state index contributed by atoms with van der Waals surface area (Å²) in [5.41, 5.74) is 2.67. The second-order valence-electron chi connectivity index (χ2n) is 7.22. The number of carbonyl (C=O) groups excluding carboxylic acids is 1. The fraction of sp³-hybridized carbons (Fsp3) is 0.130. The van der Waals surface area contributed by atoms with Crippen LogP contribution in [0.2, 0.25) is 0 Å². The van der Waals surface area contributed by atoms with E-state index < -0.39 is 10.0 Å². The molecule has 1 aromatic heterocycles. The smallest absolute Gasteiger partial charge is 0.283 e. The van der Waals surface area contributed by atoms with Gasteiger partial charge in [0.05, 0.1) is 16.6 Å². The van der Waals surface area contributed by atoms with E-state index in [0.717, 1.165) is 15.2 Å². The van der Waals surface area contributed by atoms with Gasteiger partial charge in [-0.05, 0) is 53.9 Å². The van der Waals surface area contributed by atoms with E-state index in [1.54, 1.807) is 42.5 Å². The Kier molecular flexibility index (Phi) is 5.22. The van der Waals surface area contributed by atoms with E-state index >= 15 is 0 Å². The summed E-state index contributed by atoms with van der Waals surface area (Å²) < 4.78 is 40.2. The quantitative estimate of drug-likeness (QED) is 0.470. The third-order valence-electron chi connectivity index (χ3n) is 4.83. The Bertz CT molecular complexity index is 1340. The minimum absolute atomic E-state index is 0.0476. The number of fused-ring (bicyclic) bond motifs is 1. The van der Waals surface area contributed by atoms with Gasteiger partial charge in [0.15, 0.2) is 0 Å². The Morgan fingerprint density at radius 3 is 2.40 bits per heavy atom. The van der Waals surface area contributed by atoms with Crippen LogP contribution in [0.5, 0.6) is 0 Å². The average molecular weight is 422 g/mol. The first-order valence-electron chi connectivity index (χ1n) is 9.38. The second kappa shape index (κ2) is 7.84. The van der Waals surface area contributed by atoms with Crippen molar-refractivity contribution in [2.24, 2.45) is 0 Å². The molecule has 1 heterocycles. The molecule has 4 rings (SSSR count). The van der Waals surface area contributed by atoms with Crippen LogP contribution in [0.15, 0.2) is 77.8 Å². The zero-order chi connectivity index (χ0) is 21.3. The fourth-order valence-corrected chi connectivity index (χ4v) is 4.71. The number of benzene rings is 3. The van der Waals surface area contributed by atoms with E-state index in [1.807, 2.05) is 13.0 Å². The standard InChI is InChI=1S/C23H19FN2O3S/c1-16-3-2-4-22(11-16)30(28,29)26-23-14-18(5-8-19(23)15-25-26)13-21(27)12-17-6-9-20(24)10-7-17/h2-11,14-15H,12-13H2,1H3. The predicted octanol–water partition coefficient (Wildman–Crippen LogP) is 4.08. The summed E-state index contributed by atoms with van der Waals surface area (Å²) >= 11 is 0. The summed E-state index contributed by atoms with van der Waals surface area (Å²) in [5, 5.41) is 4.75. The lowest BCUT2D eigenvalue weighted by Crippen LogP contribution is -2.14. The van der Waals surface area contributed by atoms with Crippen molar-refractivity contribution < 1.29 is 17.6 Å². The summed E-state index contributed by atoms with van der Waals surface area (Å²) in [4.78, 5) is 12.6. The fourth-order valence-electron chi connectivity index (χ4n) is 3.34. The Labute approximate surface area is 173 Å². The number of hydrogen-bond donors (Lipinski definition) is 0. The number of halogens is 1. The van der Waals surface area contributed by atoms with Gasteiger partial charge in [0, 0.05) is 18.2 Å². The first-order chi connectivity index (χ1) is 14.3. The van der Waals surface area contributed by atoms with Crippen molar-refractivity contribution in [3.05, 3.63) is 95.4 Å². The summed E-state index contributed by atoms with van der Waals surface area (Å²) in [6, 6.07) is 17.7. The number of Topliss-reactive ketones (excluding diaryl/α,β-unsaturated/α-hetero) is 1. The van der Waals surface area contributed by atoms with Crippen LogP contribution in [0.3, 0.4) is 0 Å². The van der Waals surface area contributed by atoms with E-state index in [2.05, 4.69) is 5.10 Å². The summed E-state index contributed by atoms with van der Waals surface area (Å²) in [6.45, 7) is 1.82. The molecule has 0 amide bonds. The highest BCUT2D eigenvalue weighted by Gasteiger charge is 2.21. The molecule has 0 aliphatic rings. The minimum Gasteiger partial charge on any atom is -0.299 e. The predicted molar refractivity (Wildman–Crippen MR) is 112 cm³/mol. The van der Waals surface area contributed by atoms with Crippen molar-refractivity contribution >= 4 is 26.7 Å². The lowest BCUT2D eigenvalue weighted by molar-refractivity contribution is -0.117. The number of ketones is 1. The molecule has 0 saturated heterocycles. The molecule has 0 atom stereocenters. The van der Waals surface area contributed by atoms with Crippen molar-refractivity contribution in [3.8, 4) is 0 Å². The Morgan fingerprint density at radius 2 is 1.67 bits per heavy atom. The van der Waals surface area contributed by atoms with Crippen LogP contribution in [0.4, 0.5) is 4.39 Å². The van der Waals surface area contributed by atoms with E-state index in [4.69, 9.17) is 0 Å². The molecule has 0 bridgehead atoms. The molecule has 0 fully saturated rings. The highest BCUT2D eigenvalue weighted by atomic mass is 32.2. The highest BCUT2D eigenvalue weighted by molar-refractivity contribution is 7.90. The molecule has 7 heteroatoms. The average Bonchev–Trinajstić information content (AvgIpc) is 3.14. The summed E-state index contributed by atoms with van der Waals surface area (Å²) in [7, 11) is -3.86. The Balaban J connectivity index is 1.63. The molecular weight excluding hydrogens is 403 g/mol. The molecule has 152 valence electrons. The second-order valence-corrected chi connectivity index (χ2v) is 8.99. The number of carbonyl (C=O) groups is 1. The molecule has 0 radical (unpaired) electrons. The van der Waals surface area contributed by atoms with E-state index in [9.17, 15) is 17.6 Å². The van der Waals surface area contributed by atoms with Crippen LogP contribution in [0, 0.1) is 12.7 Å². The summed E-state index contributed by atoms with van der Waals surface area (Å²) in [5.74, 6) is -0.395. The number of hydrogen-bond acceptors (Lipinski definition) is 4. The largest absolute Gasteiger partial charge is 0.299 e. The molecule has 0 aliphatic heterocycles. The molecule has 5 nitrogen and oxygen atoms in total. The van der Waals surface area contributed by atoms with Crippen LogP contribution in [0.1, 0.15) is 16.7 Å². The van der Waals surface area contributed by atoms with Crippen LogP contribution in [0.25, 0.3) is 10.9 Å². The number of aryl methyl sites for hydroxylation is 1. The van der Waals surface area contributed by atoms with Crippen LogP contribution in [-0.4, -0.2) is 23.4 Å². The first-order valence-corrected chi connectivity index (χ1v) is 10.8. The lowest BCUT2D eigenvalue weighted by Gasteiger charge is -2.08. The van der Waals surface area contributed by atoms with Gasteiger partial charge in [-0.2, -0.15) is 17.6 Å². The molecule has 0 saturated carbocycles. The summed E-state index contributed by atoms with van der Waals surface area (Å²) in [6.07, 6.45) is 1.81. The van der Waals surface area contributed by atoms with Crippen molar-refractivity contribution in [3.63, 3.8) is 0 Å². The van der Waals surface area contributed by atoms with E-state index in [-0.39, 0.29) is 29.3 Å². The number of nitrogens with zero attached hydrogens (tertiary/aromatic N) is 2. The van der Waals surface area contributed by atoms with Crippen molar-refractivity contribution in [1.82, 2.24) is 9.19 Å². The van der Waals surface area contributed by atoms with Crippen molar-refractivity contribution in [2.75, 3.05) is 0 Å². The molecule has 0 aliphatic carbocycles. The van der Waals surface area contributed by atoms with Gasteiger partial charge in [0.2, 0.25) is 0 Å². The number of rotatable bonds is 6. The maximum absolute atomic E-state index is 13.1. The first kappa shape index (κ1) is 20.0. The topological polar surface area (TPSA) is 69.0 Å². The molecule has 30 heavy (non-hydrogen) atoms. The zero-order valence-electron chi connectivity index (χ0n) is 16.2. The van der Waals surface area contributed by atoms with Gasteiger partial charge >= 0.3 is 0 Å². The SMILES string of the molecule is Cc1cccc(S(=O)(=O)n2ncc3ccc(CC(=O)Cc4ccc(F)cc4)cc32)c1. The van der Waals surface area contributed by atoms with Gasteiger partial charge in [0.1, 0.15) is 11.6 Å². The van der Waals surface area contributed by atoms with E-state index in [0.29, 0.717) is 16.5 Å². The van der Waals surface area contributed by atoms with Gasteiger partial charge < -0.3 is 0 Å². The van der Waals surface area contributed by atoms with Gasteiger partial charge in [-0.1, -0.05) is 36.4 Å². The van der Waals surface area contributed by atoms with Gasteiger partial charge in [-0.25, -0.2) is 4.39 Å². The third kappa shape index (κ3) is 4.02. The Morgan fingerprint density at radius 1 is 0.967 bits per heavy atom. The van der Waals surface area contributed by atoms with Gasteiger partial charge in [-0.3, -0.25) is 4.79 Å². The van der Waals surface area contributed by atoms with E-state index in [1.165, 1.54) is 24.4 Å². The lowest BCUT2D eigenvalue weighted by atomic mass is 10.0. The van der Waals surface area contributed by atoms with Crippen molar-refractivity contribution in [2.45, 2.75) is 24.7 Å².